The maximum Gasteiger partial charge on any atom is 0.123 e. The number of fused-ring (bicyclic) bond motifs is 1. The smallest absolute Gasteiger partial charge is 0.123 e. The molecule has 92 valence electrons. The van der Waals surface area contributed by atoms with Crippen LogP contribution in [-0.2, 0) is 0 Å². The Hall–Kier alpha value is -0.600. The third-order valence-corrected chi connectivity index (χ3v) is 4.71. The number of hydrogen-bond donors (Lipinski definition) is 1. The molecule has 3 rings (SSSR count). The minimum Gasteiger partial charge on any atom is -0.388 e. The van der Waals surface area contributed by atoms with E-state index in [9.17, 15) is 9.50 Å². The molecule has 2 fully saturated rings. The maximum atomic E-state index is 13.2. The van der Waals surface area contributed by atoms with Crippen molar-refractivity contribution in [3.05, 3.63) is 34.6 Å². The van der Waals surface area contributed by atoms with Gasteiger partial charge in [0.15, 0.2) is 0 Å². The Morgan fingerprint density at radius 3 is 2.53 bits per heavy atom. The highest BCUT2D eigenvalue weighted by Crippen LogP contribution is 2.60. The molecule has 3 unspecified atom stereocenters. The van der Waals surface area contributed by atoms with Crippen LogP contribution in [0.4, 0.5) is 4.39 Å². The van der Waals surface area contributed by atoms with E-state index in [1.165, 1.54) is 43.9 Å². The van der Waals surface area contributed by atoms with Crippen LogP contribution in [0.1, 0.15) is 37.4 Å². The molecule has 3 atom stereocenters. The van der Waals surface area contributed by atoms with E-state index in [0.29, 0.717) is 28.3 Å². The van der Waals surface area contributed by atoms with Crippen LogP contribution in [0.2, 0.25) is 5.02 Å². The first-order valence-corrected chi connectivity index (χ1v) is 6.69. The largest absolute Gasteiger partial charge is 0.388 e. The van der Waals surface area contributed by atoms with Gasteiger partial charge in [-0.2, -0.15) is 0 Å². The number of aliphatic hydroxyl groups excluding tert-OH is 1. The van der Waals surface area contributed by atoms with E-state index in [1.54, 1.807) is 0 Å². The van der Waals surface area contributed by atoms with Crippen molar-refractivity contribution >= 4 is 11.6 Å². The van der Waals surface area contributed by atoms with Gasteiger partial charge in [0.25, 0.3) is 0 Å². The van der Waals surface area contributed by atoms with Crippen molar-refractivity contribution in [3.8, 4) is 0 Å². The van der Waals surface area contributed by atoms with Gasteiger partial charge in [0.1, 0.15) is 5.82 Å². The van der Waals surface area contributed by atoms with Crippen LogP contribution in [0.25, 0.3) is 0 Å². The van der Waals surface area contributed by atoms with Crippen LogP contribution in [0.15, 0.2) is 18.2 Å². The second-order valence-electron chi connectivity index (χ2n) is 5.30. The SMILES string of the molecule is OC(c1cc(F)ccc1Cl)C1C2CCCCC21. The number of aliphatic hydroxyl groups is 1. The van der Waals surface area contributed by atoms with E-state index in [0.717, 1.165) is 0 Å². The predicted octanol–water partition coefficient (Wildman–Crippen LogP) is 3.95. The summed E-state index contributed by atoms with van der Waals surface area (Å²) in [6.45, 7) is 0. The Bertz CT molecular complexity index is 422. The highest BCUT2D eigenvalue weighted by Gasteiger charge is 2.54. The molecule has 17 heavy (non-hydrogen) atoms. The van der Waals surface area contributed by atoms with Crippen LogP contribution in [0.3, 0.4) is 0 Å². The summed E-state index contributed by atoms with van der Waals surface area (Å²) < 4.78 is 13.2. The molecule has 0 heterocycles. The molecule has 2 aliphatic carbocycles. The second kappa shape index (κ2) is 4.25. The van der Waals surface area contributed by atoms with Gasteiger partial charge in [0, 0.05) is 10.6 Å². The molecule has 0 amide bonds. The lowest BCUT2D eigenvalue weighted by atomic mass is 10.0. The van der Waals surface area contributed by atoms with Crippen LogP contribution < -0.4 is 0 Å². The molecular weight excluding hydrogens is 239 g/mol. The highest BCUT2D eigenvalue weighted by molar-refractivity contribution is 6.31. The van der Waals surface area contributed by atoms with Gasteiger partial charge in [-0.3, -0.25) is 0 Å². The van der Waals surface area contributed by atoms with Crippen molar-refractivity contribution in [1.29, 1.82) is 0 Å². The molecule has 0 aromatic heterocycles. The molecule has 0 bridgehead atoms. The van der Waals surface area contributed by atoms with Crippen molar-refractivity contribution in [2.75, 3.05) is 0 Å². The molecule has 1 nitrogen and oxygen atoms in total. The Kier molecular flexibility index (Phi) is 2.87. The lowest BCUT2D eigenvalue weighted by molar-refractivity contribution is 0.142. The molecule has 1 N–H and O–H groups in total. The molecule has 0 aliphatic heterocycles. The van der Waals surface area contributed by atoms with E-state index in [-0.39, 0.29) is 5.82 Å². The van der Waals surface area contributed by atoms with Crippen molar-refractivity contribution in [2.45, 2.75) is 31.8 Å². The molecule has 0 radical (unpaired) electrons. The van der Waals surface area contributed by atoms with Crippen molar-refractivity contribution in [2.24, 2.45) is 17.8 Å². The first kappa shape index (κ1) is 11.5. The fourth-order valence-corrected chi connectivity index (χ4v) is 3.69. The van der Waals surface area contributed by atoms with Gasteiger partial charge >= 0.3 is 0 Å². The summed E-state index contributed by atoms with van der Waals surface area (Å²) in [4.78, 5) is 0. The van der Waals surface area contributed by atoms with Crippen molar-refractivity contribution in [1.82, 2.24) is 0 Å². The van der Waals surface area contributed by atoms with E-state index >= 15 is 0 Å². The Morgan fingerprint density at radius 2 is 1.88 bits per heavy atom. The van der Waals surface area contributed by atoms with Crippen LogP contribution in [-0.4, -0.2) is 5.11 Å². The van der Waals surface area contributed by atoms with Gasteiger partial charge in [0.2, 0.25) is 0 Å². The van der Waals surface area contributed by atoms with E-state index in [2.05, 4.69) is 0 Å². The fraction of sp³-hybridized carbons (Fsp3) is 0.571. The normalized spacial score (nSPS) is 33.0. The zero-order valence-corrected chi connectivity index (χ0v) is 10.3. The van der Waals surface area contributed by atoms with Crippen molar-refractivity contribution in [3.63, 3.8) is 0 Å². The maximum absolute atomic E-state index is 13.2. The summed E-state index contributed by atoms with van der Waals surface area (Å²) in [5.74, 6) is 1.25. The summed E-state index contributed by atoms with van der Waals surface area (Å²) in [5.41, 5.74) is 0.561. The Morgan fingerprint density at radius 1 is 1.24 bits per heavy atom. The van der Waals surface area contributed by atoms with E-state index in [1.807, 2.05) is 0 Å². The summed E-state index contributed by atoms with van der Waals surface area (Å²) in [6.07, 6.45) is 4.35. The molecule has 0 spiro atoms. The Balaban J connectivity index is 1.82. The molecule has 3 heteroatoms. The van der Waals surface area contributed by atoms with Gasteiger partial charge in [-0.15, -0.1) is 0 Å². The Labute approximate surface area is 106 Å². The van der Waals surface area contributed by atoms with E-state index in [4.69, 9.17) is 11.6 Å². The van der Waals surface area contributed by atoms with Gasteiger partial charge in [-0.25, -0.2) is 4.39 Å². The quantitative estimate of drug-likeness (QED) is 0.847. The van der Waals surface area contributed by atoms with Crippen LogP contribution in [0, 0.1) is 23.6 Å². The molecule has 0 saturated heterocycles. The number of rotatable bonds is 2. The zero-order valence-electron chi connectivity index (χ0n) is 9.57. The van der Waals surface area contributed by atoms with Crippen LogP contribution >= 0.6 is 11.6 Å². The van der Waals surface area contributed by atoms with Gasteiger partial charge in [-0.05, 0) is 48.8 Å². The average Bonchev–Trinajstić information content (AvgIpc) is 3.05. The standard InChI is InChI=1S/C14H16ClFO/c15-12-6-5-8(16)7-11(12)14(17)13-9-3-1-2-4-10(9)13/h5-7,9-10,13-14,17H,1-4H2. The van der Waals surface area contributed by atoms with Gasteiger partial charge in [-0.1, -0.05) is 24.4 Å². The third-order valence-electron chi connectivity index (χ3n) is 4.36. The van der Waals surface area contributed by atoms with Crippen LogP contribution in [0.5, 0.6) is 0 Å². The molecule has 1 aromatic rings. The monoisotopic (exact) mass is 254 g/mol. The minimum absolute atomic E-state index is 0.303. The summed E-state index contributed by atoms with van der Waals surface area (Å²) in [6, 6.07) is 4.23. The number of hydrogen-bond acceptors (Lipinski definition) is 1. The lowest BCUT2D eigenvalue weighted by Crippen LogP contribution is -2.03. The summed E-state index contributed by atoms with van der Waals surface area (Å²) in [5, 5.41) is 10.8. The highest BCUT2D eigenvalue weighted by atomic mass is 35.5. The minimum atomic E-state index is -0.591. The fourth-order valence-electron chi connectivity index (χ4n) is 3.46. The predicted molar refractivity (Wildman–Crippen MR) is 65.3 cm³/mol. The molecular formula is C14H16ClFO. The topological polar surface area (TPSA) is 20.2 Å². The lowest BCUT2D eigenvalue weighted by Gasteiger charge is -2.12. The first-order valence-electron chi connectivity index (χ1n) is 6.31. The molecule has 1 aromatic carbocycles. The summed E-state index contributed by atoms with van der Waals surface area (Å²) in [7, 11) is 0. The zero-order chi connectivity index (χ0) is 12.0. The first-order chi connectivity index (χ1) is 8.18. The van der Waals surface area contributed by atoms with Gasteiger partial charge < -0.3 is 5.11 Å². The summed E-state index contributed by atoms with van der Waals surface area (Å²) >= 11 is 6.03. The van der Waals surface area contributed by atoms with Gasteiger partial charge in [0.05, 0.1) is 6.10 Å². The molecule has 2 aliphatic rings. The second-order valence-corrected chi connectivity index (χ2v) is 5.71. The third kappa shape index (κ3) is 1.98. The van der Waals surface area contributed by atoms with Crippen molar-refractivity contribution < 1.29 is 9.50 Å². The number of benzene rings is 1. The molecule has 2 saturated carbocycles. The van der Waals surface area contributed by atoms with E-state index < -0.39 is 6.10 Å². The average molecular weight is 255 g/mol. The number of halogens is 2.